The van der Waals surface area contributed by atoms with Gasteiger partial charge in [-0.05, 0) is 38.5 Å². The van der Waals surface area contributed by atoms with Gasteiger partial charge in [0.25, 0.3) is 0 Å². The molecule has 1 atom stereocenters. The monoisotopic (exact) mass is 252 g/mol. The Morgan fingerprint density at radius 1 is 1.22 bits per heavy atom. The van der Waals surface area contributed by atoms with Crippen LogP contribution in [0.1, 0.15) is 32.8 Å². The molecule has 0 spiro atoms. The van der Waals surface area contributed by atoms with E-state index in [2.05, 4.69) is 0 Å². The number of benzene rings is 1. The van der Waals surface area contributed by atoms with Crippen molar-refractivity contribution < 1.29 is 19.4 Å². The van der Waals surface area contributed by atoms with E-state index < -0.39 is 11.6 Å². The van der Waals surface area contributed by atoms with E-state index in [9.17, 15) is 9.90 Å². The quantitative estimate of drug-likeness (QED) is 0.789. The Hall–Kier alpha value is -1.55. The fourth-order valence-corrected chi connectivity index (χ4v) is 1.67. The summed E-state index contributed by atoms with van der Waals surface area (Å²) >= 11 is 0. The summed E-state index contributed by atoms with van der Waals surface area (Å²) in [6, 6.07) is 7.06. The van der Waals surface area contributed by atoms with Crippen molar-refractivity contribution in [3.8, 4) is 5.75 Å². The summed E-state index contributed by atoms with van der Waals surface area (Å²) < 4.78 is 10.2. The Kier molecular flexibility index (Phi) is 5.16. The summed E-state index contributed by atoms with van der Waals surface area (Å²) in [5.74, 6) is 0.338. The molecule has 0 amide bonds. The van der Waals surface area contributed by atoms with E-state index in [1.807, 2.05) is 6.92 Å². The Bertz CT molecular complexity index is 381. The summed E-state index contributed by atoms with van der Waals surface area (Å²) in [7, 11) is 0. The fraction of sp³-hybridized carbons (Fsp3) is 0.500. The molecular weight excluding hydrogens is 232 g/mol. The highest BCUT2D eigenvalue weighted by atomic mass is 16.5. The highest BCUT2D eigenvalue weighted by Crippen LogP contribution is 2.26. The molecule has 0 aliphatic heterocycles. The predicted octanol–water partition coefficient (Wildman–Crippen LogP) is 2.25. The van der Waals surface area contributed by atoms with Crippen LogP contribution in [-0.2, 0) is 15.1 Å². The largest absolute Gasteiger partial charge is 0.494 e. The van der Waals surface area contributed by atoms with Gasteiger partial charge >= 0.3 is 5.97 Å². The molecule has 0 heterocycles. The van der Waals surface area contributed by atoms with Crippen LogP contribution in [0.2, 0.25) is 0 Å². The minimum absolute atomic E-state index is 0.0607. The molecule has 1 rings (SSSR count). The average Bonchev–Trinajstić information content (AvgIpc) is 2.29. The zero-order chi connectivity index (χ0) is 13.6. The molecule has 1 aromatic carbocycles. The van der Waals surface area contributed by atoms with Gasteiger partial charge in [0.1, 0.15) is 5.75 Å². The van der Waals surface area contributed by atoms with E-state index in [0.717, 1.165) is 5.75 Å². The maximum Gasteiger partial charge on any atom is 0.309 e. The summed E-state index contributed by atoms with van der Waals surface area (Å²) in [4.78, 5) is 11.4. The first-order valence-corrected chi connectivity index (χ1v) is 6.11. The molecule has 0 aliphatic carbocycles. The molecule has 1 unspecified atom stereocenters. The molecule has 0 saturated carbocycles. The number of aliphatic hydroxyl groups is 1. The first-order chi connectivity index (χ1) is 8.49. The molecule has 1 N–H and O–H groups in total. The minimum atomic E-state index is -1.23. The van der Waals surface area contributed by atoms with Crippen molar-refractivity contribution in [2.75, 3.05) is 13.2 Å². The van der Waals surface area contributed by atoms with Gasteiger partial charge < -0.3 is 14.6 Å². The van der Waals surface area contributed by atoms with Crippen molar-refractivity contribution in [1.29, 1.82) is 0 Å². The van der Waals surface area contributed by atoms with Crippen LogP contribution >= 0.6 is 0 Å². The molecule has 4 heteroatoms. The average molecular weight is 252 g/mol. The Balaban J connectivity index is 2.74. The Morgan fingerprint density at radius 3 is 2.33 bits per heavy atom. The van der Waals surface area contributed by atoms with Gasteiger partial charge in [-0.15, -0.1) is 0 Å². The van der Waals surface area contributed by atoms with E-state index in [1.54, 1.807) is 38.1 Å². The smallest absolute Gasteiger partial charge is 0.309 e. The van der Waals surface area contributed by atoms with Crippen LogP contribution in [0.25, 0.3) is 0 Å². The van der Waals surface area contributed by atoms with Gasteiger partial charge in [0.15, 0.2) is 0 Å². The second-order valence-corrected chi connectivity index (χ2v) is 4.21. The van der Waals surface area contributed by atoms with Gasteiger partial charge in [-0.2, -0.15) is 0 Å². The van der Waals surface area contributed by atoms with E-state index in [-0.39, 0.29) is 6.42 Å². The Labute approximate surface area is 108 Å². The van der Waals surface area contributed by atoms with Crippen LogP contribution in [0.5, 0.6) is 5.75 Å². The van der Waals surface area contributed by atoms with Gasteiger partial charge in [0.2, 0.25) is 0 Å². The van der Waals surface area contributed by atoms with Crippen LogP contribution in [0.3, 0.4) is 0 Å². The number of esters is 1. The third kappa shape index (κ3) is 4.04. The lowest BCUT2D eigenvalue weighted by atomic mass is 9.92. The van der Waals surface area contributed by atoms with Crippen molar-refractivity contribution in [1.82, 2.24) is 0 Å². The predicted molar refractivity (Wildman–Crippen MR) is 68.4 cm³/mol. The minimum Gasteiger partial charge on any atom is -0.494 e. The molecule has 18 heavy (non-hydrogen) atoms. The fourth-order valence-electron chi connectivity index (χ4n) is 1.67. The molecule has 0 bridgehead atoms. The summed E-state index contributed by atoms with van der Waals surface area (Å²) in [5, 5.41) is 10.3. The molecule has 0 saturated heterocycles. The zero-order valence-corrected chi connectivity index (χ0v) is 11.1. The first-order valence-electron chi connectivity index (χ1n) is 6.11. The van der Waals surface area contributed by atoms with Crippen LogP contribution in [0.15, 0.2) is 24.3 Å². The molecule has 0 aliphatic rings. The second-order valence-electron chi connectivity index (χ2n) is 4.21. The third-order valence-corrected chi connectivity index (χ3v) is 2.58. The molecule has 100 valence electrons. The molecule has 0 radical (unpaired) electrons. The van der Waals surface area contributed by atoms with Crippen LogP contribution < -0.4 is 4.74 Å². The van der Waals surface area contributed by atoms with Crippen molar-refractivity contribution >= 4 is 5.97 Å². The third-order valence-electron chi connectivity index (χ3n) is 2.58. The topological polar surface area (TPSA) is 55.8 Å². The van der Waals surface area contributed by atoms with Crippen molar-refractivity contribution in [3.05, 3.63) is 29.8 Å². The molecule has 4 nitrogen and oxygen atoms in total. The molecule has 0 aromatic heterocycles. The number of ether oxygens (including phenoxy) is 2. The van der Waals surface area contributed by atoms with Gasteiger partial charge in [-0.25, -0.2) is 0 Å². The number of hydrogen-bond donors (Lipinski definition) is 1. The van der Waals surface area contributed by atoms with E-state index in [1.165, 1.54) is 0 Å². The first kappa shape index (κ1) is 14.5. The van der Waals surface area contributed by atoms with Crippen molar-refractivity contribution in [2.45, 2.75) is 32.8 Å². The van der Waals surface area contributed by atoms with Crippen molar-refractivity contribution in [3.63, 3.8) is 0 Å². The Morgan fingerprint density at radius 2 is 1.83 bits per heavy atom. The van der Waals surface area contributed by atoms with E-state index >= 15 is 0 Å². The van der Waals surface area contributed by atoms with Crippen molar-refractivity contribution in [2.24, 2.45) is 0 Å². The van der Waals surface area contributed by atoms with E-state index in [4.69, 9.17) is 9.47 Å². The number of carbonyl (C=O) groups is 1. The number of rotatable bonds is 6. The standard InChI is InChI=1S/C14H20O4/c1-4-17-12-8-6-11(7-9-12)14(3,16)10-13(15)18-5-2/h6-9,16H,4-5,10H2,1-3H3. The van der Waals surface area contributed by atoms with E-state index in [0.29, 0.717) is 18.8 Å². The number of hydrogen-bond acceptors (Lipinski definition) is 4. The lowest BCUT2D eigenvalue weighted by Gasteiger charge is -2.22. The van der Waals surface area contributed by atoms with Crippen LogP contribution in [-0.4, -0.2) is 24.3 Å². The van der Waals surface area contributed by atoms with Gasteiger partial charge in [0.05, 0.1) is 25.2 Å². The van der Waals surface area contributed by atoms with Gasteiger partial charge in [-0.1, -0.05) is 12.1 Å². The zero-order valence-electron chi connectivity index (χ0n) is 11.1. The highest BCUT2D eigenvalue weighted by Gasteiger charge is 2.27. The summed E-state index contributed by atoms with van der Waals surface area (Å²) in [6.45, 7) is 6.16. The maximum absolute atomic E-state index is 11.4. The number of carbonyl (C=O) groups excluding carboxylic acids is 1. The highest BCUT2D eigenvalue weighted by molar-refractivity contribution is 5.71. The molecule has 0 fully saturated rings. The summed E-state index contributed by atoms with van der Waals surface area (Å²) in [6.07, 6.45) is -0.0607. The van der Waals surface area contributed by atoms with Gasteiger partial charge in [-0.3, -0.25) is 4.79 Å². The lowest BCUT2D eigenvalue weighted by molar-refractivity contribution is -0.148. The SMILES string of the molecule is CCOC(=O)CC(C)(O)c1ccc(OCC)cc1. The maximum atomic E-state index is 11.4. The van der Waals surface area contributed by atoms with Crippen LogP contribution in [0.4, 0.5) is 0 Å². The lowest BCUT2D eigenvalue weighted by Crippen LogP contribution is -2.26. The second kappa shape index (κ2) is 6.40. The molecular formula is C14H20O4. The normalized spacial score (nSPS) is 13.8. The van der Waals surface area contributed by atoms with Crippen LogP contribution in [0, 0.1) is 0 Å². The summed E-state index contributed by atoms with van der Waals surface area (Å²) in [5.41, 5.74) is -0.559. The van der Waals surface area contributed by atoms with Gasteiger partial charge in [0, 0.05) is 0 Å². The molecule has 1 aromatic rings.